The molecule has 0 aliphatic carbocycles. The van der Waals surface area contributed by atoms with Crippen molar-refractivity contribution in [2.75, 3.05) is 6.54 Å². The van der Waals surface area contributed by atoms with Crippen LogP contribution in [0.15, 0.2) is 27.6 Å². The Morgan fingerprint density at radius 2 is 2.17 bits per heavy atom. The average molecular weight is 318 g/mol. The molecule has 1 aromatic heterocycles. The van der Waals surface area contributed by atoms with Crippen molar-refractivity contribution in [2.45, 2.75) is 12.6 Å². The van der Waals surface area contributed by atoms with Gasteiger partial charge < -0.3 is 20.7 Å². The van der Waals surface area contributed by atoms with Crippen LogP contribution >= 0.6 is 15.9 Å². The number of amides is 2. The zero-order chi connectivity index (χ0) is 13.7. The quantitative estimate of drug-likeness (QED) is 0.618. The van der Waals surface area contributed by atoms with Gasteiger partial charge in [-0.2, -0.15) is 0 Å². The van der Waals surface area contributed by atoms with Crippen LogP contribution in [0.4, 0.5) is 0 Å². The molecule has 0 fully saturated rings. The van der Waals surface area contributed by atoms with Crippen molar-refractivity contribution in [2.24, 2.45) is 5.73 Å². The normalized spacial score (nSPS) is 11.9. The largest absolute Gasteiger partial charge is 0.381 e. The lowest BCUT2D eigenvalue weighted by molar-refractivity contribution is -0.127. The molecule has 98 valence electrons. The fourth-order valence-electron chi connectivity index (χ4n) is 1.15. The number of aliphatic hydroxyl groups is 1. The molecule has 7 nitrogen and oxygen atoms in total. The minimum absolute atomic E-state index is 0.205. The average Bonchev–Trinajstić information content (AvgIpc) is 2.30. The van der Waals surface area contributed by atoms with Crippen LogP contribution in [-0.2, 0) is 16.1 Å². The van der Waals surface area contributed by atoms with E-state index in [0.29, 0.717) is 4.47 Å². The van der Waals surface area contributed by atoms with Gasteiger partial charge in [-0.15, -0.1) is 0 Å². The van der Waals surface area contributed by atoms with E-state index >= 15 is 0 Å². The van der Waals surface area contributed by atoms with Crippen LogP contribution in [0.25, 0.3) is 0 Å². The monoisotopic (exact) mass is 317 g/mol. The molecule has 8 heteroatoms. The predicted molar refractivity (Wildman–Crippen MR) is 66.6 cm³/mol. The maximum atomic E-state index is 11.5. The summed E-state index contributed by atoms with van der Waals surface area (Å²) in [6.45, 7) is -0.485. The number of carbonyl (C=O) groups is 2. The molecule has 0 radical (unpaired) electrons. The topological polar surface area (TPSA) is 114 Å². The van der Waals surface area contributed by atoms with E-state index in [4.69, 9.17) is 10.8 Å². The molecule has 4 N–H and O–H groups in total. The van der Waals surface area contributed by atoms with Gasteiger partial charge in [0.25, 0.3) is 5.56 Å². The van der Waals surface area contributed by atoms with E-state index in [9.17, 15) is 14.4 Å². The van der Waals surface area contributed by atoms with Gasteiger partial charge in [-0.1, -0.05) is 0 Å². The minimum Gasteiger partial charge on any atom is -0.381 e. The summed E-state index contributed by atoms with van der Waals surface area (Å²) in [4.78, 5) is 33.4. The van der Waals surface area contributed by atoms with Gasteiger partial charge in [0.2, 0.25) is 11.8 Å². The Hall–Kier alpha value is -1.67. The Morgan fingerprint density at radius 3 is 2.78 bits per heavy atom. The summed E-state index contributed by atoms with van der Waals surface area (Å²) < 4.78 is 1.85. The summed E-state index contributed by atoms with van der Waals surface area (Å²) in [6.07, 6.45) is 0.0278. The number of nitrogens with one attached hydrogen (secondary N) is 1. The van der Waals surface area contributed by atoms with Crippen molar-refractivity contribution in [1.29, 1.82) is 0 Å². The Bertz CT molecular complexity index is 514. The number of hydrogen-bond acceptors (Lipinski definition) is 4. The Labute approximate surface area is 111 Å². The smallest absolute Gasteiger partial charge is 0.251 e. The SMILES string of the molecule is NC(=O)C(O)CNC(=O)Cn1cc(Br)ccc1=O. The number of primary amides is 1. The van der Waals surface area contributed by atoms with Gasteiger partial charge in [0.05, 0.1) is 6.54 Å². The number of aliphatic hydroxyl groups excluding tert-OH is 1. The van der Waals surface area contributed by atoms with Gasteiger partial charge in [0.15, 0.2) is 0 Å². The highest BCUT2D eigenvalue weighted by Gasteiger charge is 2.12. The summed E-state index contributed by atoms with van der Waals surface area (Å²) in [7, 11) is 0. The molecule has 18 heavy (non-hydrogen) atoms. The number of aromatic nitrogens is 1. The molecular formula is C10H12BrN3O4. The molecule has 0 saturated carbocycles. The molecule has 1 rings (SSSR count). The van der Waals surface area contributed by atoms with Gasteiger partial charge in [-0.05, 0) is 22.0 Å². The lowest BCUT2D eigenvalue weighted by Crippen LogP contribution is -2.41. The van der Waals surface area contributed by atoms with Crippen molar-refractivity contribution in [3.05, 3.63) is 33.2 Å². The lowest BCUT2D eigenvalue weighted by Gasteiger charge is -2.09. The van der Waals surface area contributed by atoms with E-state index in [0.717, 1.165) is 0 Å². The second-order valence-corrected chi connectivity index (χ2v) is 4.45. The van der Waals surface area contributed by atoms with E-state index in [1.54, 1.807) is 6.07 Å². The van der Waals surface area contributed by atoms with Gasteiger partial charge in [-0.3, -0.25) is 14.4 Å². The molecule has 0 spiro atoms. The van der Waals surface area contributed by atoms with Crippen molar-refractivity contribution in [3.63, 3.8) is 0 Å². The Balaban J connectivity index is 2.57. The van der Waals surface area contributed by atoms with E-state index in [1.165, 1.54) is 16.8 Å². The van der Waals surface area contributed by atoms with Crippen molar-refractivity contribution >= 4 is 27.7 Å². The van der Waals surface area contributed by atoms with Crippen LogP contribution in [0.1, 0.15) is 0 Å². The second kappa shape index (κ2) is 6.31. The van der Waals surface area contributed by atoms with Gasteiger partial charge in [0.1, 0.15) is 12.6 Å². The third-order valence-electron chi connectivity index (χ3n) is 2.08. The molecule has 0 bridgehead atoms. The first-order valence-electron chi connectivity index (χ1n) is 5.00. The van der Waals surface area contributed by atoms with Crippen LogP contribution in [-0.4, -0.2) is 34.1 Å². The van der Waals surface area contributed by atoms with E-state index in [1.807, 2.05) is 0 Å². The highest BCUT2D eigenvalue weighted by Crippen LogP contribution is 2.04. The van der Waals surface area contributed by atoms with Crippen molar-refractivity contribution in [3.8, 4) is 0 Å². The highest BCUT2D eigenvalue weighted by molar-refractivity contribution is 9.10. The molecule has 2 amide bonds. The number of hydrogen-bond donors (Lipinski definition) is 3. The zero-order valence-corrected chi connectivity index (χ0v) is 10.9. The van der Waals surface area contributed by atoms with Crippen LogP contribution in [0.3, 0.4) is 0 Å². The van der Waals surface area contributed by atoms with Crippen molar-refractivity contribution in [1.82, 2.24) is 9.88 Å². The maximum absolute atomic E-state index is 11.5. The third kappa shape index (κ3) is 4.30. The number of rotatable bonds is 5. The van der Waals surface area contributed by atoms with Crippen LogP contribution in [0.2, 0.25) is 0 Å². The number of nitrogens with two attached hydrogens (primary N) is 1. The highest BCUT2D eigenvalue weighted by atomic mass is 79.9. The number of pyridine rings is 1. The van der Waals surface area contributed by atoms with Crippen LogP contribution in [0, 0.1) is 0 Å². The number of nitrogens with zero attached hydrogens (tertiary/aromatic N) is 1. The first-order chi connectivity index (χ1) is 8.40. The predicted octanol–water partition coefficient (Wildman–Crippen LogP) is -1.43. The first-order valence-corrected chi connectivity index (χ1v) is 5.79. The summed E-state index contributed by atoms with van der Waals surface area (Å²) in [5, 5.41) is 11.4. The molecule has 0 saturated heterocycles. The summed E-state index contributed by atoms with van der Waals surface area (Å²) in [5.74, 6) is -1.43. The number of carbonyl (C=O) groups excluding carboxylic acids is 2. The van der Waals surface area contributed by atoms with Crippen LogP contribution in [0.5, 0.6) is 0 Å². The van der Waals surface area contributed by atoms with Gasteiger partial charge in [-0.25, -0.2) is 0 Å². The standard InChI is InChI=1S/C10H12BrN3O4/c11-6-1-2-9(17)14(4-6)5-8(16)13-3-7(15)10(12)18/h1-2,4,7,15H,3,5H2,(H2,12,18)(H,13,16). The molecule has 1 heterocycles. The summed E-state index contributed by atoms with van der Waals surface area (Å²) in [5.41, 5.74) is 4.49. The fourth-order valence-corrected chi connectivity index (χ4v) is 1.53. The summed E-state index contributed by atoms with van der Waals surface area (Å²) >= 11 is 3.17. The Morgan fingerprint density at radius 1 is 1.50 bits per heavy atom. The second-order valence-electron chi connectivity index (χ2n) is 3.54. The zero-order valence-electron chi connectivity index (χ0n) is 9.30. The van der Waals surface area contributed by atoms with E-state index in [-0.39, 0.29) is 18.6 Å². The number of halogens is 1. The van der Waals surface area contributed by atoms with Gasteiger partial charge >= 0.3 is 0 Å². The van der Waals surface area contributed by atoms with Crippen molar-refractivity contribution < 1.29 is 14.7 Å². The molecular weight excluding hydrogens is 306 g/mol. The van der Waals surface area contributed by atoms with E-state index < -0.39 is 17.9 Å². The molecule has 0 aliphatic heterocycles. The first kappa shape index (κ1) is 14.4. The molecule has 0 aliphatic rings. The maximum Gasteiger partial charge on any atom is 0.251 e. The van der Waals surface area contributed by atoms with E-state index in [2.05, 4.69) is 21.2 Å². The Kier molecular flexibility index (Phi) is 5.05. The molecule has 0 aromatic carbocycles. The minimum atomic E-state index is -1.44. The third-order valence-corrected chi connectivity index (χ3v) is 2.55. The van der Waals surface area contributed by atoms with Gasteiger partial charge in [0, 0.05) is 16.7 Å². The molecule has 1 unspecified atom stereocenters. The molecule has 1 atom stereocenters. The molecule has 1 aromatic rings. The lowest BCUT2D eigenvalue weighted by atomic mass is 10.3. The summed E-state index contributed by atoms with van der Waals surface area (Å²) in [6, 6.07) is 2.88. The fraction of sp³-hybridized carbons (Fsp3) is 0.300. The van der Waals surface area contributed by atoms with Crippen LogP contribution < -0.4 is 16.6 Å².